The quantitative estimate of drug-likeness (QED) is 0.491. The molecule has 2 aromatic rings. The van der Waals surface area contributed by atoms with Crippen LogP contribution >= 0.6 is 23.2 Å². The number of carbonyl (C=O) groups is 1. The number of benzene rings is 2. The number of carbonyl (C=O) groups excluding carboxylic acids is 1. The molecule has 0 atom stereocenters. The molecule has 1 amide bonds. The topological polar surface area (TPSA) is 72.4 Å². The van der Waals surface area contributed by atoms with E-state index in [1.807, 2.05) is 17.0 Å². The Bertz CT molecular complexity index is 885. The molecule has 0 bridgehead atoms. The Morgan fingerprint density at radius 3 is 2.67 bits per heavy atom. The molecular formula is C21H23Cl2N3O4. The van der Waals surface area contributed by atoms with E-state index in [1.54, 1.807) is 24.3 Å². The van der Waals surface area contributed by atoms with Crippen molar-refractivity contribution in [2.24, 2.45) is 5.10 Å². The number of morpholine rings is 1. The average Bonchev–Trinajstić information content (AvgIpc) is 2.74. The van der Waals surface area contributed by atoms with Gasteiger partial charge in [0.15, 0.2) is 11.5 Å². The third-order valence-electron chi connectivity index (χ3n) is 4.42. The minimum absolute atomic E-state index is 0.186. The predicted octanol–water partition coefficient (Wildman–Crippen LogP) is 3.36. The highest BCUT2D eigenvalue weighted by molar-refractivity contribution is 6.32. The van der Waals surface area contributed by atoms with Gasteiger partial charge in [-0.1, -0.05) is 35.3 Å². The zero-order valence-corrected chi connectivity index (χ0v) is 18.1. The molecule has 160 valence electrons. The third-order valence-corrected chi connectivity index (χ3v) is 4.95. The summed E-state index contributed by atoms with van der Waals surface area (Å²) in [4.78, 5) is 14.0. The molecule has 0 aromatic heterocycles. The fourth-order valence-electron chi connectivity index (χ4n) is 2.87. The first kappa shape index (κ1) is 22.4. The number of ether oxygens (including phenoxy) is 3. The van der Waals surface area contributed by atoms with E-state index < -0.39 is 0 Å². The van der Waals surface area contributed by atoms with Crippen LogP contribution in [0.25, 0.3) is 0 Å². The third kappa shape index (κ3) is 6.60. The first-order valence-electron chi connectivity index (χ1n) is 9.42. The lowest BCUT2D eigenvalue weighted by Gasteiger charge is -2.25. The molecule has 0 aliphatic carbocycles. The fraction of sp³-hybridized carbons (Fsp3) is 0.333. The summed E-state index contributed by atoms with van der Waals surface area (Å²) in [6, 6.07) is 10.8. The molecule has 2 aromatic carbocycles. The number of hydrazone groups is 1. The van der Waals surface area contributed by atoms with E-state index in [0.29, 0.717) is 46.9 Å². The molecule has 7 nitrogen and oxygen atoms in total. The van der Waals surface area contributed by atoms with Crippen molar-refractivity contribution in [2.45, 2.75) is 6.61 Å². The second-order valence-corrected chi connectivity index (χ2v) is 7.47. The number of nitrogens with one attached hydrogen (secondary N) is 1. The van der Waals surface area contributed by atoms with Crippen molar-refractivity contribution in [2.75, 3.05) is 40.0 Å². The summed E-state index contributed by atoms with van der Waals surface area (Å²) < 4.78 is 16.5. The summed E-state index contributed by atoms with van der Waals surface area (Å²) in [5, 5.41) is 5.05. The number of rotatable bonds is 8. The maximum Gasteiger partial charge on any atom is 0.254 e. The van der Waals surface area contributed by atoms with Crippen molar-refractivity contribution >= 4 is 35.3 Å². The first-order chi connectivity index (χ1) is 14.5. The van der Waals surface area contributed by atoms with Gasteiger partial charge in [-0.25, -0.2) is 5.43 Å². The van der Waals surface area contributed by atoms with Gasteiger partial charge in [-0.2, -0.15) is 5.10 Å². The van der Waals surface area contributed by atoms with E-state index in [1.165, 1.54) is 13.3 Å². The Kier molecular flexibility index (Phi) is 8.33. The Morgan fingerprint density at radius 1 is 1.23 bits per heavy atom. The minimum atomic E-state index is -0.186. The van der Waals surface area contributed by atoms with Gasteiger partial charge in [0.25, 0.3) is 5.91 Å². The molecular weight excluding hydrogens is 429 g/mol. The van der Waals surface area contributed by atoms with Gasteiger partial charge in [-0.15, -0.1) is 0 Å². The van der Waals surface area contributed by atoms with Crippen LogP contribution in [-0.2, 0) is 16.1 Å². The summed E-state index contributed by atoms with van der Waals surface area (Å²) in [6.45, 7) is 3.35. The molecule has 1 fully saturated rings. The fourth-order valence-corrected chi connectivity index (χ4v) is 3.27. The van der Waals surface area contributed by atoms with Crippen molar-refractivity contribution in [1.29, 1.82) is 0 Å². The van der Waals surface area contributed by atoms with Gasteiger partial charge in [0, 0.05) is 18.1 Å². The van der Waals surface area contributed by atoms with Gasteiger partial charge >= 0.3 is 0 Å². The van der Waals surface area contributed by atoms with E-state index in [9.17, 15) is 4.79 Å². The van der Waals surface area contributed by atoms with E-state index in [-0.39, 0.29) is 12.5 Å². The first-order valence-corrected chi connectivity index (χ1v) is 10.2. The van der Waals surface area contributed by atoms with Gasteiger partial charge in [0.1, 0.15) is 6.61 Å². The highest BCUT2D eigenvalue weighted by Crippen LogP contribution is 2.36. The van der Waals surface area contributed by atoms with Gasteiger partial charge < -0.3 is 14.2 Å². The molecule has 0 saturated carbocycles. The molecule has 1 saturated heterocycles. The number of methoxy groups -OCH3 is 1. The normalized spacial score (nSPS) is 14.6. The van der Waals surface area contributed by atoms with Gasteiger partial charge in [-0.3, -0.25) is 9.69 Å². The number of amides is 1. The summed E-state index contributed by atoms with van der Waals surface area (Å²) in [7, 11) is 1.53. The standard InChI is InChI=1S/C21H23Cl2N3O4/c1-28-19-11-16(12-24-25-20(27)13-26-6-8-29-9-7-26)10-18(23)21(19)30-14-15-2-4-17(22)5-3-15/h2-5,10-12H,6-9,13-14H2,1H3,(H,25,27)/b24-12+. The summed E-state index contributed by atoms with van der Waals surface area (Å²) in [5.41, 5.74) is 4.14. The highest BCUT2D eigenvalue weighted by Gasteiger charge is 2.14. The lowest BCUT2D eigenvalue weighted by Crippen LogP contribution is -2.42. The molecule has 0 radical (unpaired) electrons. The zero-order valence-electron chi connectivity index (χ0n) is 16.6. The van der Waals surface area contributed by atoms with Crippen molar-refractivity contribution in [3.63, 3.8) is 0 Å². The average molecular weight is 452 g/mol. The van der Waals surface area contributed by atoms with E-state index in [2.05, 4.69) is 10.5 Å². The zero-order chi connectivity index (χ0) is 21.3. The second-order valence-electron chi connectivity index (χ2n) is 6.63. The van der Waals surface area contributed by atoms with Crippen LogP contribution in [-0.4, -0.2) is 57.0 Å². The van der Waals surface area contributed by atoms with Gasteiger partial charge in [0.05, 0.1) is 38.1 Å². The van der Waals surface area contributed by atoms with Crippen LogP contribution in [0.5, 0.6) is 11.5 Å². The molecule has 1 heterocycles. The number of hydrogen-bond donors (Lipinski definition) is 1. The Balaban J connectivity index is 1.59. The highest BCUT2D eigenvalue weighted by atomic mass is 35.5. The van der Waals surface area contributed by atoms with Gasteiger partial charge in [0.2, 0.25) is 0 Å². The van der Waals surface area contributed by atoms with Crippen LogP contribution in [0, 0.1) is 0 Å². The number of nitrogens with zero attached hydrogens (tertiary/aromatic N) is 2. The molecule has 9 heteroatoms. The van der Waals surface area contributed by atoms with Crippen molar-refractivity contribution in [3.8, 4) is 11.5 Å². The SMILES string of the molecule is COc1cc(/C=N/NC(=O)CN2CCOCC2)cc(Cl)c1OCc1ccc(Cl)cc1. The van der Waals surface area contributed by atoms with Crippen molar-refractivity contribution in [1.82, 2.24) is 10.3 Å². The summed E-state index contributed by atoms with van der Waals surface area (Å²) >= 11 is 12.3. The maximum atomic E-state index is 12.0. The Hall–Kier alpha value is -2.32. The van der Waals surface area contributed by atoms with E-state index >= 15 is 0 Å². The van der Waals surface area contributed by atoms with E-state index in [0.717, 1.165) is 18.7 Å². The van der Waals surface area contributed by atoms with Crippen LogP contribution in [0.3, 0.4) is 0 Å². The van der Waals surface area contributed by atoms with Crippen molar-refractivity contribution < 1.29 is 19.0 Å². The lowest BCUT2D eigenvalue weighted by atomic mass is 10.2. The minimum Gasteiger partial charge on any atom is -0.493 e. The van der Waals surface area contributed by atoms with Crippen LogP contribution in [0.1, 0.15) is 11.1 Å². The van der Waals surface area contributed by atoms with E-state index in [4.69, 9.17) is 37.4 Å². The van der Waals surface area contributed by atoms with Crippen molar-refractivity contribution in [3.05, 3.63) is 57.6 Å². The summed E-state index contributed by atoms with van der Waals surface area (Å²) in [6.07, 6.45) is 1.51. The van der Waals surface area contributed by atoms with Gasteiger partial charge in [-0.05, 0) is 35.4 Å². The maximum absolute atomic E-state index is 12.0. The molecule has 0 unspecified atom stereocenters. The number of hydrogen-bond acceptors (Lipinski definition) is 6. The lowest BCUT2D eigenvalue weighted by molar-refractivity contribution is -0.123. The second kappa shape index (κ2) is 11.2. The van der Waals surface area contributed by atoms with Crippen LogP contribution < -0.4 is 14.9 Å². The molecule has 0 spiro atoms. The molecule has 1 aliphatic rings. The van der Waals surface area contributed by atoms with Crippen LogP contribution in [0.4, 0.5) is 0 Å². The largest absolute Gasteiger partial charge is 0.493 e. The summed E-state index contributed by atoms with van der Waals surface area (Å²) in [5.74, 6) is 0.717. The molecule has 1 aliphatic heterocycles. The predicted molar refractivity (Wildman–Crippen MR) is 117 cm³/mol. The molecule has 1 N–H and O–H groups in total. The Morgan fingerprint density at radius 2 is 1.97 bits per heavy atom. The molecule has 3 rings (SSSR count). The molecule has 30 heavy (non-hydrogen) atoms. The van der Waals surface area contributed by atoms with Crippen LogP contribution in [0.15, 0.2) is 41.5 Å². The van der Waals surface area contributed by atoms with Crippen LogP contribution in [0.2, 0.25) is 10.0 Å². The Labute approximate surface area is 185 Å². The smallest absolute Gasteiger partial charge is 0.254 e. The number of halogens is 2. The monoisotopic (exact) mass is 451 g/mol.